The molecule has 0 spiro atoms. The molecule has 1 fully saturated rings. The first-order valence-corrected chi connectivity index (χ1v) is 6.75. The van der Waals surface area contributed by atoms with E-state index in [2.05, 4.69) is 17.1 Å². The monoisotopic (exact) mass is 262 g/mol. The molecule has 1 unspecified atom stereocenters. The number of nitrogen functional groups attached to an aromatic ring is 1. The van der Waals surface area contributed by atoms with Gasteiger partial charge in [-0.15, -0.1) is 0 Å². The predicted molar refractivity (Wildman–Crippen MR) is 78.1 cm³/mol. The molecular weight excluding hydrogens is 240 g/mol. The number of likely N-dealkylation sites (tertiary alicyclic amines) is 1. The minimum atomic E-state index is -0.430. The molecule has 0 aliphatic carbocycles. The van der Waals surface area contributed by atoms with Gasteiger partial charge in [-0.2, -0.15) is 0 Å². The zero-order chi connectivity index (χ0) is 13.8. The number of hydrogen-bond acceptors (Lipinski definition) is 4. The quantitative estimate of drug-likeness (QED) is 0.694. The minimum Gasteiger partial charge on any atom is -0.397 e. The third-order valence-corrected chi connectivity index (χ3v) is 3.74. The van der Waals surface area contributed by atoms with Gasteiger partial charge in [0.25, 0.3) is 0 Å². The molecule has 1 aromatic rings. The summed E-state index contributed by atoms with van der Waals surface area (Å²) in [5, 5.41) is 3.34. The first kappa shape index (κ1) is 13.7. The Kier molecular flexibility index (Phi) is 4.27. The van der Waals surface area contributed by atoms with Crippen LogP contribution in [0.2, 0.25) is 0 Å². The number of rotatable bonds is 5. The lowest BCUT2D eigenvalue weighted by Gasteiger charge is -2.15. The van der Waals surface area contributed by atoms with E-state index >= 15 is 0 Å². The summed E-state index contributed by atoms with van der Waals surface area (Å²) in [6, 6.07) is 5.09. The highest BCUT2D eigenvalue weighted by Crippen LogP contribution is 2.22. The lowest BCUT2D eigenvalue weighted by molar-refractivity contribution is 0.100. The zero-order valence-electron chi connectivity index (χ0n) is 11.4. The Morgan fingerprint density at radius 2 is 2.32 bits per heavy atom. The van der Waals surface area contributed by atoms with Gasteiger partial charge in [-0.25, -0.2) is 0 Å². The van der Waals surface area contributed by atoms with E-state index < -0.39 is 5.91 Å². The molecule has 0 saturated carbocycles. The van der Waals surface area contributed by atoms with Crippen molar-refractivity contribution in [1.29, 1.82) is 0 Å². The maximum atomic E-state index is 11.2. The van der Waals surface area contributed by atoms with Crippen molar-refractivity contribution in [2.45, 2.75) is 13.3 Å². The number of nitrogens with two attached hydrogens (primary N) is 2. The normalized spacial score (nSPS) is 19.5. The van der Waals surface area contributed by atoms with Crippen LogP contribution in [-0.2, 0) is 0 Å². The van der Waals surface area contributed by atoms with Crippen LogP contribution in [0.1, 0.15) is 23.7 Å². The van der Waals surface area contributed by atoms with Crippen LogP contribution in [0.15, 0.2) is 18.2 Å². The molecule has 1 saturated heterocycles. The minimum absolute atomic E-state index is 0.430. The summed E-state index contributed by atoms with van der Waals surface area (Å²) < 4.78 is 0. The zero-order valence-corrected chi connectivity index (χ0v) is 11.4. The molecule has 0 bridgehead atoms. The number of nitrogens with zero attached hydrogens (tertiary/aromatic N) is 1. The van der Waals surface area contributed by atoms with Gasteiger partial charge in [0.05, 0.1) is 11.4 Å². The molecule has 5 heteroatoms. The molecule has 0 radical (unpaired) electrons. The van der Waals surface area contributed by atoms with Gasteiger partial charge in [-0.3, -0.25) is 4.79 Å². The predicted octanol–water partition coefficient (Wildman–Crippen LogP) is 1.12. The Hall–Kier alpha value is -1.75. The summed E-state index contributed by atoms with van der Waals surface area (Å²) in [6.45, 7) is 6.46. The Balaban J connectivity index is 1.96. The van der Waals surface area contributed by atoms with E-state index in [0.29, 0.717) is 17.2 Å². The van der Waals surface area contributed by atoms with Gasteiger partial charge in [-0.05, 0) is 43.6 Å². The summed E-state index contributed by atoms with van der Waals surface area (Å²) in [6.07, 6.45) is 1.20. The third kappa shape index (κ3) is 3.38. The highest BCUT2D eigenvalue weighted by molar-refractivity contribution is 5.94. The smallest absolute Gasteiger partial charge is 0.248 e. The van der Waals surface area contributed by atoms with Gasteiger partial charge in [0.15, 0.2) is 0 Å². The van der Waals surface area contributed by atoms with Crippen molar-refractivity contribution in [2.24, 2.45) is 11.7 Å². The van der Waals surface area contributed by atoms with Crippen LogP contribution >= 0.6 is 0 Å². The summed E-state index contributed by atoms with van der Waals surface area (Å²) >= 11 is 0. The molecule has 2 rings (SSSR count). The summed E-state index contributed by atoms with van der Waals surface area (Å²) in [5.74, 6) is 0.206. The number of hydrogen-bond donors (Lipinski definition) is 3. The van der Waals surface area contributed by atoms with Gasteiger partial charge in [0.1, 0.15) is 0 Å². The van der Waals surface area contributed by atoms with E-state index in [9.17, 15) is 4.79 Å². The standard InChI is InChI=1S/C14H22N4O/c1-2-18-6-5-10(9-18)8-17-13-7-11(14(16)19)3-4-12(13)15/h3-4,7,10,17H,2,5-6,8-9,15H2,1H3,(H2,16,19). The van der Waals surface area contributed by atoms with Crippen LogP contribution in [0.3, 0.4) is 0 Å². The van der Waals surface area contributed by atoms with E-state index in [-0.39, 0.29) is 0 Å². The van der Waals surface area contributed by atoms with E-state index in [1.165, 1.54) is 13.0 Å². The van der Waals surface area contributed by atoms with Crippen LogP contribution in [-0.4, -0.2) is 37.0 Å². The summed E-state index contributed by atoms with van der Waals surface area (Å²) in [4.78, 5) is 13.6. The lowest BCUT2D eigenvalue weighted by atomic mass is 10.1. The average Bonchev–Trinajstić information content (AvgIpc) is 2.85. The molecule has 1 aliphatic rings. The van der Waals surface area contributed by atoms with E-state index in [0.717, 1.165) is 25.3 Å². The van der Waals surface area contributed by atoms with Gasteiger partial charge in [0, 0.05) is 18.7 Å². The molecule has 0 aromatic heterocycles. The van der Waals surface area contributed by atoms with Crippen LogP contribution in [0.5, 0.6) is 0 Å². The van der Waals surface area contributed by atoms with Crippen molar-refractivity contribution >= 4 is 17.3 Å². The molecule has 1 aliphatic heterocycles. The first-order chi connectivity index (χ1) is 9.10. The third-order valence-electron chi connectivity index (χ3n) is 3.74. The van der Waals surface area contributed by atoms with E-state index in [4.69, 9.17) is 11.5 Å². The van der Waals surface area contributed by atoms with Crippen LogP contribution < -0.4 is 16.8 Å². The Labute approximate surface area is 113 Å². The maximum Gasteiger partial charge on any atom is 0.248 e. The van der Waals surface area contributed by atoms with Crippen molar-refractivity contribution in [3.63, 3.8) is 0 Å². The molecule has 104 valence electrons. The fourth-order valence-corrected chi connectivity index (χ4v) is 2.48. The van der Waals surface area contributed by atoms with Crippen LogP contribution in [0, 0.1) is 5.92 Å². The SMILES string of the molecule is CCN1CCC(CNc2cc(C(N)=O)ccc2N)C1. The number of primary amides is 1. The number of anilines is 2. The van der Waals surface area contributed by atoms with Gasteiger partial charge >= 0.3 is 0 Å². The van der Waals surface area contributed by atoms with Crippen LogP contribution in [0.4, 0.5) is 11.4 Å². The number of nitrogens with one attached hydrogen (secondary N) is 1. The molecule has 1 aromatic carbocycles. The molecule has 1 amide bonds. The second-order valence-electron chi connectivity index (χ2n) is 5.10. The Bertz CT molecular complexity index is 461. The topological polar surface area (TPSA) is 84.4 Å². The lowest BCUT2D eigenvalue weighted by Crippen LogP contribution is -2.22. The number of amides is 1. The van der Waals surface area contributed by atoms with Crippen molar-refractivity contribution in [2.75, 3.05) is 37.2 Å². The maximum absolute atomic E-state index is 11.2. The molecule has 1 heterocycles. The second-order valence-corrected chi connectivity index (χ2v) is 5.10. The van der Waals surface area contributed by atoms with Crippen molar-refractivity contribution in [3.05, 3.63) is 23.8 Å². The van der Waals surface area contributed by atoms with E-state index in [1.54, 1.807) is 18.2 Å². The molecule has 5 N–H and O–H groups in total. The largest absolute Gasteiger partial charge is 0.397 e. The van der Waals surface area contributed by atoms with Gasteiger partial charge < -0.3 is 21.7 Å². The molecule has 1 atom stereocenters. The van der Waals surface area contributed by atoms with Gasteiger partial charge in [-0.1, -0.05) is 6.92 Å². The fraction of sp³-hybridized carbons (Fsp3) is 0.500. The molecule has 5 nitrogen and oxygen atoms in total. The highest BCUT2D eigenvalue weighted by atomic mass is 16.1. The van der Waals surface area contributed by atoms with Crippen molar-refractivity contribution < 1.29 is 4.79 Å². The molecular formula is C14H22N4O. The average molecular weight is 262 g/mol. The number of benzene rings is 1. The Morgan fingerprint density at radius 3 is 2.95 bits per heavy atom. The fourth-order valence-electron chi connectivity index (χ4n) is 2.48. The van der Waals surface area contributed by atoms with E-state index in [1.807, 2.05) is 0 Å². The summed E-state index contributed by atoms with van der Waals surface area (Å²) in [7, 11) is 0. The number of carbonyl (C=O) groups is 1. The number of carbonyl (C=O) groups excluding carboxylic acids is 1. The van der Waals surface area contributed by atoms with Gasteiger partial charge in [0.2, 0.25) is 5.91 Å². The van der Waals surface area contributed by atoms with Crippen LogP contribution in [0.25, 0.3) is 0 Å². The van der Waals surface area contributed by atoms with Crippen molar-refractivity contribution in [3.8, 4) is 0 Å². The summed E-state index contributed by atoms with van der Waals surface area (Å²) in [5.41, 5.74) is 13.1. The molecule has 19 heavy (non-hydrogen) atoms. The Morgan fingerprint density at radius 1 is 1.53 bits per heavy atom. The first-order valence-electron chi connectivity index (χ1n) is 6.75. The highest BCUT2D eigenvalue weighted by Gasteiger charge is 2.20. The van der Waals surface area contributed by atoms with Crippen molar-refractivity contribution in [1.82, 2.24) is 4.90 Å². The second kappa shape index (κ2) is 5.93.